The summed E-state index contributed by atoms with van der Waals surface area (Å²) in [6, 6.07) is 0. The van der Waals surface area contributed by atoms with Crippen LogP contribution in [0.15, 0.2) is 12.7 Å². The van der Waals surface area contributed by atoms with E-state index in [-0.39, 0.29) is 16.7 Å². The zero-order valence-corrected chi connectivity index (χ0v) is 4.69. The normalized spacial score (nSPS) is 5.50. The van der Waals surface area contributed by atoms with E-state index in [0.29, 0.717) is 0 Å². The average Bonchev–Trinajstić information content (AvgIpc) is 1.38. The Labute approximate surface area is 42.1 Å². The standard InChI is InChI=1S/C4H6O.Si/c1-3-4(2)5;/h3H,1H2,2H3;. The van der Waals surface area contributed by atoms with Crippen molar-refractivity contribution >= 4 is 16.7 Å². The van der Waals surface area contributed by atoms with Crippen LogP contribution in [0.5, 0.6) is 0 Å². The Balaban J connectivity index is 0. The molecule has 0 saturated carbocycles. The van der Waals surface area contributed by atoms with Crippen LogP contribution in [-0.4, -0.2) is 16.7 Å². The Morgan fingerprint density at radius 2 is 2.00 bits per heavy atom. The van der Waals surface area contributed by atoms with E-state index in [1.807, 2.05) is 0 Å². The third-order valence-electron chi connectivity index (χ3n) is 0.287. The van der Waals surface area contributed by atoms with Gasteiger partial charge in [-0.1, -0.05) is 6.58 Å². The quantitative estimate of drug-likeness (QED) is 0.342. The van der Waals surface area contributed by atoms with E-state index < -0.39 is 0 Å². The number of carbonyl (C=O) groups is 1. The first-order valence-corrected chi connectivity index (χ1v) is 1.40. The maximum Gasteiger partial charge on any atom is 0.152 e. The highest BCUT2D eigenvalue weighted by Gasteiger charge is 1.69. The van der Waals surface area contributed by atoms with Gasteiger partial charge in [0.1, 0.15) is 0 Å². The molecule has 6 heavy (non-hydrogen) atoms. The molecule has 0 fully saturated rings. The summed E-state index contributed by atoms with van der Waals surface area (Å²) in [4.78, 5) is 9.69. The third-order valence-corrected chi connectivity index (χ3v) is 0.287. The summed E-state index contributed by atoms with van der Waals surface area (Å²) in [5.41, 5.74) is 0. The molecule has 0 atom stereocenters. The van der Waals surface area contributed by atoms with Gasteiger partial charge in [0.05, 0.1) is 0 Å². The Hall–Kier alpha value is -0.373. The Kier molecular flexibility index (Phi) is 7.06. The molecule has 0 rings (SSSR count). The second-order valence-corrected chi connectivity index (χ2v) is 0.815. The van der Waals surface area contributed by atoms with Crippen molar-refractivity contribution in [3.05, 3.63) is 12.7 Å². The molecule has 0 aromatic carbocycles. The lowest BCUT2D eigenvalue weighted by Crippen LogP contribution is -1.74. The largest absolute Gasteiger partial charge is 0.295 e. The molecule has 0 unspecified atom stereocenters. The fourth-order valence-electron chi connectivity index (χ4n) is 0. The van der Waals surface area contributed by atoms with Gasteiger partial charge < -0.3 is 0 Å². The fourth-order valence-corrected chi connectivity index (χ4v) is 0. The highest BCUT2D eigenvalue weighted by Crippen LogP contribution is 1.60. The van der Waals surface area contributed by atoms with E-state index in [1.54, 1.807) is 0 Å². The molecule has 0 heterocycles. The van der Waals surface area contributed by atoms with E-state index in [0.717, 1.165) is 0 Å². The van der Waals surface area contributed by atoms with Crippen LogP contribution in [0.25, 0.3) is 0 Å². The smallest absolute Gasteiger partial charge is 0.152 e. The second-order valence-electron chi connectivity index (χ2n) is 0.815. The lowest BCUT2D eigenvalue weighted by molar-refractivity contribution is -0.112. The molecular weight excluding hydrogens is 92.1 g/mol. The van der Waals surface area contributed by atoms with Gasteiger partial charge in [0.25, 0.3) is 0 Å². The molecule has 32 valence electrons. The van der Waals surface area contributed by atoms with E-state index in [9.17, 15) is 4.79 Å². The van der Waals surface area contributed by atoms with Crippen molar-refractivity contribution in [2.45, 2.75) is 6.92 Å². The van der Waals surface area contributed by atoms with Crippen LogP contribution in [0.2, 0.25) is 0 Å². The molecule has 0 bridgehead atoms. The molecule has 0 aliphatic heterocycles. The van der Waals surface area contributed by atoms with Crippen LogP contribution in [-0.2, 0) is 4.79 Å². The predicted molar refractivity (Wildman–Crippen MR) is 26.6 cm³/mol. The van der Waals surface area contributed by atoms with Crippen molar-refractivity contribution in [1.29, 1.82) is 0 Å². The molecular formula is C4H6OSi. The summed E-state index contributed by atoms with van der Waals surface area (Å²) in [6.07, 6.45) is 1.28. The van der Waals surface area contributed by atoms with Gasteiger partial charge in [-0.3, -0.25) is 4.79 Å². The second kappa shape index (κ2) is 4.63. The van der Waals surface area contributed by atoms with Gasteiger partial charge in [0.2, 0.25) is 0 Å². The SMILES string of the molecule is C=CC(C)=O.[Si]. The van der Waals surface area contributed by atoms with Crippen LogP contribution in [0.4, 0.5) is 0 Å². The van der Waals surface area contributed by atoms with E-state index >= 15 is 0 Å². The summed E-state index contributed by atoms with van der Waals surface area (Å²) in [5.74, 6) is 0.0185. The summed E-state index contributed by atoms with van der Waals surface area (Å²) < 4.78 is 0. The van der Waals surface area contributed by atoms with Crippen LogP contribution >= 0.6 is 0 Å². The summed E-state index contributed by atoms with van der Waals surface area (Å²) >= 11 is 0. The van der Waals surface area contributed by atoms with Gasteiger partial charge in [0, 0.05) is 11.0 Å². The molecule has 2 heteroatoms. The van der Waals surface area contributed by atoms with Crippen LogP contribution < -0.4 is 0 Å². The minimum absolute atomic E-state index is 0. The number of carbonyl (C=O) groups excluding carboxylic acids is 1. The van der Waals surface area contributed by atoms with E-state index in [4.69, 9.17) is 0 Å². The van der Waals surface area contributed by atoms with Crippen molar-refractivity contribution in [2.75, 3.05) is 0 Å². The average molecular weight is 98.2 g/mol. The molecule has 1 nitrogen and oxygen atoms in total. The fraction of sp³-hybridized carbons (Fsp3) is 0.250. The first kappa shape index (κ1) is 9.16. The maximum atomic E-state index is 9.69. The van der Waals surface area contributed by atoms with Gasteiger partial charge in [-0.05, 0) is 13.0 Å². The zero-order valence-electron chi connectivity index (χ0n) is 3.69. The summed E-state index contributed by atoms with van der Waals surface area (Å²) in [5, 5.41) is 0. The molecule has 0 amide bonds. The topological polar surface area (TPSA) is 17.1 Å². The molecule has 0 N–H and O–H groups in total. The van der Waals surface area contributed by atoms with Crippen molar-refractivity contribution < 1.29 is 4.79 Å². The molecule has 0 spiro atoms. The van der Waals surface area contributed by atoms with Gasteiger partial charge in [0.15, 0.2) is 5.78 Å². The monoisotopic (exact) mass is 98.0 g/mol. The number of rotatable bonds is 1. The first-order chi connectivity index (χ1) is 2.27. The lowest BCUT2D eigenvalue weighted by Gasteiger charge is -1.62. The van der Waals surface area contributed by atoms with E-state index in [1.165, 1.54) is 13.0 Å². The number of hydrogen-bond donors (Lipinski definition) is 0. The minimum Gasteiger partial charge on any atom is -0.295 e. The molecule has 0 aromatic rings. The maximum absolute atomic E-state index is 9.69. The van der Waals surface area contributed by atoms with Crippen molar-refractivity contribution in [3.8, 4) is 0 Å². The van der Waals surface area contributed by atoms with Crippen LogP contribution in [0.3, 0.4) is 0 Å². The number of ketones is 1. The molecule has 0 aliphatic rings. The van der Waals surface area contributed by atoms with Gasteiger partial charge in [-0.25, -0.2) is 0 Å². The highest BCUT2D eigenvalue weighted by atomic mass is 28.1. The molecule has 4 radical (unpaired) electrons. The van der Waals surface area contributed by atoms with Crippen LogP contribution in [0.1, 0.15) is 6.92 Å². The molecule has 0 aromatic heterocycles. The van der Waals surface area contributed by atoms with Crippen molar-refractivity contribution in [2.24, 2.45) is 0 Å². The molecule has 0 saturated heterocycles. The Morgan fingerprint density at radius 1 is 1.83 bits per heavy atom. The first-order valence-electron chi connectivity index (χ1n) is 1.40. The van der Waals surface area contributed by atoms with Crippen molar-refractivity contribution in [1.82, 2.24) is 0 Å². The summed E-state index contributed by atoms with van der Waals surface area (Å²) in [6.45, 7) is 4.68. The summed E-state index contributed by atoms with van der Waals surface area (Å²) in [7, 11) is 0. The predicted octanol–water partition coefficient (Wildman–Crippen LogP) is 0.381. The minimum atomic E-state index is 0. The van der Waals surface area contributed by atoms with Crippen LogP contribution in [0, 0.1) is 0 Å². The molecule has 0 aliphatic carbocycles. The lowest BCUT2D eigenvalue weighted by atomic mass is 10.5. The van der Waals surface area contributed by atoms with Gasteiger partial charge in [-0.15, -0.1) is 0 Å². The third kappa shape index (κ3) is 9.46. The Bertz CT molecular complexity index is 58.6. The Morgan fingerprint density at radius 3 is 2.00 bits per heavy atom. The van der Waals surface area contributed by atoms with Gasteiger partial charge >= 0.3 is 0 Å². The number of hydrogen-bond acceptors (Lipinski definition) is 1. The van der Waals surface area contributed by atoms with E-state index in [2.05, 4.69) is 6.58 Å². The van der Waals surface area contributed by atoms with Crippen molar-refractivity contribution in [3.63, 3.8) is 0 Å². The zero-order chi connectivity index (χ0) is 4.28. The number of allylic oxidation sites excluding steroid dienone is 1. The van der Waals surface area contributed by atoms with Gasteiger partial charge in [-0.2, -0.15) is 0 Å². The highest BCUT2D eigenvalue weighted by molar-refractivity contribution is 5.86.